The molecule has 1 spiro atoms. The zero-order valence-corrected chi connectivity index (χ0v) is 20.3. The monoisotopic (exact) mass is 481 g/mol. The Bertz CT molecular complexity index is 702. The summed E-state index contributed by atoms with van der Waals surface area (Å²) >= 11 is 0. The van der Waals surface area contributed by atoms with Gasteiger partial charge in [-0.3, -0.25) is 9.59 Å². The van der Waals surface area contributed by atoms with Crippen molar-refractivity contribution in [2.45, 2.75) is 70.5 Å². The Morgan fingerprint density at radius 1 is 1.18 bits per heavy atom. The van der Waals surface area contributed by atoms with Crippen molar-refractivity contribution in [3.8, 4) is 0 Å². The molecule has 0 unspecified atom stereocenters. The van der Waals surface area contributed by atoms with Crippen LogP contribution < -0.4 is 5.73 Å². The van der Waals surface area contributed by atoms with Gasteiger partial charge in [0.2, 0.25) is 11.8 Å². The Hall–Kier alpha value is -1.88. The van der Waals surface area contributed by atoms with Crippen LogP contribution in [0.4, 0.5) is 13.2 Å². The number of carbonyl (C=O) groups excluding carboxylic acids is 2. The number of carboxylic acids is 1. The molecule has 1 saturated heterocycles. The molecular weight excluding hydrogens is 443 g/mol. The average molecular weight is 482 g/mol. The summed E-state index contributed by atoms with van der Waals surface area (Å²) in [5, 5.41) is 7.12. The zero-order valence-electron chi connectivity index (χ0n) is 20.3. The molecule has 0 bridgehead atoms. The molecule has 0 radical (unpaired) electrons. The summed E-state index contributed by atoms with van der Waals surface area (Å²) in [6, 6.07) is 0. The van der Waals surface area contributed by atoms with Crippen molar-refractivity contribution in [2.24, 2.45) is 16.6 Å². The molecule has 33 heavy (non-hydrogen) atoms. The van der Waals surface area contributed by atoms with E-state index in [1.165, 1.54) is 0 Å². The molecule has 2 fully saturated rings. The number of alkyl halides is 3. The van der Waals surface area contributed by atoms with Gasteiger partial charge in [-0.25, -0.2) is 4.79 Å². The number of rotatable bonds is 8. The van der Waals surface area contributed by atoms with Crippen molar-refractivity contribution in [2.75, 3.05) is 40.9 Å². The number of hydrogen-bond donors (Lipinski definition) is 2. The fourth-order valence-corrected chi connectivity index (χ4v) is 4.73. The lowest BCUT2D eigenvalue weighted by Crippen LogP contribution is -2.50. The maximum Gasteiger partial charge on any atom is 0.490 e. The highest BCUT2D eigenvalue weighted by molar-refractivity contribution is 5.83. The van der Waals surface area contributed by atoms with E-state index in [9.17, 15) is 22.8 Å². The maximum absolute atomic E-state index is 12.6. The summed E-state index contributed by atoms with van der Waals surface area (Å²) in [4.78, 5) is 37.4. The number of amides is 2. The molecule has 0 aromatic heterocycles. The first-order valence-corrected chi connectivity index (χ1v) is 11.0. The molecule has 2 amide bonds. The lowest BCUT2D eigenvalue weighted by molar-refractivity contribution is -0.192. The fourth-order valence-electron chi connectivity index (χ4n) is 4.73. The number of aliphatic carboxylic acids is 1. The molecular formula is C22H38F3N3O5. The molecule has 0 atom stereocenters. The van der Waals surface area contributed by atoms with Gasteiger partial charge >= 0.3 is 12.1 Å². The van der Waals surface area contributed by atoms with Gasteiger partial charge < -0.3 is 25.4 Å². The van der Waals surface area contributed by atoms with E-state index in [0.29, 0.717) is 13.0 Å². The number of methoxy groups -OCH3 is 1. The van der Waals surface area contributed by atoms with E-state index in [2.05, 4.69) is 19.0 Å². The smallest absolute Gasteiger partial charge is 0.475 e. The second kappa shape index (κ2) is 11.0. The summed E-state index contributed by atoms with van der Waals surface area (Å²) in [5.74, 6) is -2.93. The number of nitrogens with two attached hydrogens (primary N) is 1. The lowest BCUT2D eigenvalue weighted by atomic mass is 9.65. The number of likely N-dealkylation sites (tertiary alicyclic amines) is 1. The standard InChI is InChI=1S/C20H37N3O3.C2HF3O2/c1-18(2,17(21)25)14-23-15-19(13-16(23)24)8-10-20(11-9-19,22(3)4)7-6-12-26-5;3-2(4,5)1(6)7/h6-15H2,1-5H3,(H2,21,25);(H,6,7). The van der Waals surface area contributed by atoms with Crippen molar-refractivity contribution in [1.29, 1.82) is 0 Å². The second-order valence-electron chi connectivity index (χ2n) is 10.2. The predicted octanol–water partition coefficient (Wildman–Crippen LogP) is 2.65. The summed E-state index contributed by atoms with van der Waals surface area (Å²) < 4.78 is 37.0. The third kappa shape index (κ3) is 7.84. The first kappa shape index (κ1) is 29.2. The largest absolute Gasteiger partial charge is 0.490 e. The minimum atomic E-state index is -5.08. The molecule has 0 aromatic rings. The Morgan fingerprint density at radius 2 is 1.70 bits per heavy atom. The van der Waals surface area contributed by atoms with E-state index in [0.717, 1.165) is 51.7 Å². The van der Waals surface area contributed by atoms with E-state index in [-0.39, 0.29) is 22.8 Å². The molecule has 2 aliphatic rings. The van der Waals surface area contributed by atoms with Crippen LogP contribution in [0, 0.1) is 10.8 Å². The number of nitrogens with zero attached hydrogens (tertiary/aromatic N) is 2. The molecule has 11 heteroatoms. The normalized spacial score (nSPS) is 25.8. The van der Waals surface area contributed by atoms with Gasteiger partial charge in [0.25, 0.3) is 0 Å². The Balaban J connectivity index is 0.000000675. The summed E-state index contributed by atoms with van der Waals surface area (Å²) in [6.45, 7) is 5.64. The number of carboxylic acid groups (broad SMARTS) is 1. The van der Waals surface area contributed by atoms with Crippen molar-refractivity contribution >= 4 is 17.8 Å². The van der Waals surface area contributed by atoms with Gasteiger partial charge in [-0.1, -0.05) is 0 Å². The summed E-state index contributed by atoms with van der Waals surface area (Å²) in [7, 11) is 6.10. The lowest BCUT2D eigenvalue weighted by Gasteiger charge is -2.48. The van der Waals surface area contributed by atoms with Gasteiger partial charge in [0, 0.05) is 38.8 Å². The SMILES string of the molecule is COCCCC1(N(C)C)CCC2(CC1)CC(=O)N(CC(C)(C)C(N)=O)C2.O=C(O)C(F)(F)F. The fraction of sp³-hybridized carbons (Fsp3) is 0.864. The van der Waals surface area contributed by atoms with Gasteiger partial charge in [0.05, 0.1) is 5.41 Å². The van der Waals surface area contributed by atoms with E-state index in [1.54, 1.807) is 7.11 Å². The number of primary amides is 1. The Morgan fingerprint density at radius 3 is 2.09 bits per heavy atom. The van der Waals surface area contributed by atoms with Crippen LogP contribution in [0.25, 0.3) is 0 Å². The molecule has 192 valence electrons. The topological polar surface area (TPSA) is 113 Å². The van der Waals surface area contributed by atoms with Crippen LogP contribution in [0.3, 0.4) is 0 Å². The second-order valence-corrected chi connectivity index (χ2v) is 10.2. The molecule has 0 aromatic carbocycles. The number of halogens is 3. The maximum atomic E-state index is 12.6. The van der Waals surface area contributed by atoms with Crippen LogP contribution in [0.5, 0.6) is 0 Å². The van der Waals surface area contributed by atoms with E-state index in [1.807, 2.05) is 18.7 Å². The van der Waals surface area contributed by atoms with Crippen LogP contribution in [-0.2, 0) is 19.1 Å². The predicted molar refractivity (Wildman–Crippen MR) is 116 cm³/mol. The van der Waals surface area contributed by atoms with Crippen molar-refractivity contribution < 1.29 is 37.4 Å². The van der Waals surface area contributed by atoms with Gasteiger partial charge in [0.15, 0.2) is 0 Å². The van der Waals surface area contributed by atoms with Crippen LogP contribution in [0.2, 0.25) is 0 Å². The van der Waals surface area contributed by atoms with E-state index >= 15 is 0 Å². The Labute approximate surface area is 193 Å². The van der Waals surface area contributed by atoms with Crippen LogP contribution >= 0.6 is 0 Å². The minimum absolute atomic E-state index is 0.0750. The number of ether oxygens (including phenoxy) is 1. The van der Waals surface area contributed by atoms with Gasteiger partial charge in [-0.15, -0.1) is 0 Å². The average Bonchev–Trinajstić information content (AvgIpc) is 2.97. The van der Waals surface area contributed by atoms with E-state index in [4.69, 9.17) is 20.4 Å². The number of carbonyl (C=O) groups is 3. The molecule has 3 N–H and O–H groups in total. The highest BCUT2D eigenvalue weighted by Gasteiger charge is 2.50. The molecule has 1 aliphatic heterocycles. The highest BCUT2D eigenvalue weighted by Crippen LogP contribution is 2.50. The van der Waals surface area contributed by atoms with Crippen LogP contribution in [0.1, 0.15) is 58.8 Å². The summed E-state index contributed by atoms with van der Waals surface area (Å²) in [6.07, 6.45) is 2.10. The molecule has 1 saturated carbocycles. The molecule has 1 aliphatic carbocycles. The third-order valence-corrected chi connectivity index (χ3v) is 7.08. The van der Waals surface area contributed by atoms with Gasteiger partial charge in [-0.2, -0.15) is 13.2 Å². The highest BCUT2D eigenvalue weighted by atomic mass is 19.4. The van der Waals surface area contributed by atoms with Crippen molar-refractivity contribution in [3.05, 3.63) is 0 Å². The number of hydrogen-bond acceptors (Lipinski definition) is 5. The Kier molecular flexibility index (Phi) is 9.74. The van der Waals surface area contributed by atoms with Gasteiger partial charge in [0.1, 0.15) is 0 Å². The van der Waals surface area contributed by atoms with Crippen LogP contribution in [0.15, 0.2) is 0 Å². The van der Waals surface area contributed by atoms with Gasteiger partial charge in [-0.05, 0) is 71.9 Å². The van der Waals surface area contributed by atoms with E-state index < -0.39 is 17.6 Å². The quantitative estimate of drug-likeness (QED) is 0.516. The zero-order chi connectivity index (χ0) is 25.7. The molecule has 1 heterocycles. The van der Waals surface area contributed by atoms with Crippen LogP contribution in [-0.4, -0.2) is 85.3 Å². The molecule has 2 rings (SSSR count). The van der Waals surface area contributed by atoms with Crippen molar-refractivity contribution in [1.82, 2.24) is 9.80 Å². The first-order chi connectivity index (χ1) is 15.0. The molecule has 8 nitrogen and oxygen atoms in total. The summed E-state index contributed by atoms with van der Waals surface area (Å²) in [5.41, 5.74) is 5.11. The van der Waals surface area contributed by atoms with Crippen molar-refractivity contribution in [3.63, 3.8) is 0 Å². The third-order valence-electron chi connectivity index (χ3n) is 7.08. The first-order valence-electron chi connectivity index (χ1n) is 11.0. The minimum Gasteiger partial charge on any atom is -0.475 e.